The van der Waals surface area contributed by atoms with Crippen LogP contribution in [-0.2, 0) is 11.3 Å². The van der Waals surface area contributed by atoms with Crippen molar-refractivity contribution >= 4 is 29.1 Å². The number of ether oxygens (including phenoxy) is 2. The molecule has 0 saturated heterocycles. The lowest BCUT2D eigenvalue weighted by molar-refractivity contribution is -0.121. The lowest BCUT2D eigenvalue weighted by atomic mass is 10.2. The molecule has 0 fully saturated rings. The summed E-state index contributed by atoms with van der Waals surface area (Å²) in [5, 5.41) is 3.90. The Bertz CT molecular complexity index is 659. The SMILES string of the molecule is COc1ccc(OCCC(=O)NCc2ccc(Cl)cc2Cl)cc1. The summed E-state index contributed by atoms with van der Waals surface area (Å²) in [6, 6.07) is 12.4. The van der Waals surface area contributed by atoms with E-state index in [9.17, 15) is 4.79 Å². The van der Waals surface area contributed by atoms with E-state index < -0.39 is 0 Å². The molecule has 0 aliphatic rings. The van der Waals surface area contributed by atoms with E-state index in [4.69, 9.17) is 32.7 Å². The summed E-state index contributed by atoms with van der Waals surface area (Å²) >= 11 is 11.9. The van der Waals surface area contributed by atoms with Gasteiger partial charge >= 0.3 is 0 Å². The van der Waals surface area contributed by atoms with Crippen LogP contribution in [0, 0.1) is 0 Å². The van der Waals surface area contributed by atoms with Gasteiger partial charge in [-0.1, -0.05) is 29.3 Å². The Morgan fingerprint density at radius 2 is 1.78 bits per heavy atom. The number of rotatable bonds is 7. The second-order valence-electron chi connectivity index (χ2n) is 4.79. The molecular weight excluding hydrogens is 337 g/mol. The van der Waals surface area contributed by atoms with Crippen LogP contribution in [-0.4, -0.2) is 19.6 Å². The van der Waals surface area contributed by atoms with E-state index in [1.807, 2.05) is 0 Å². The van der Waals surface area contributed by atoms with E-state index in [-0.39, 0.29) is 12.3 Å². The molecule has 0 saturated carbocycles. The molecule has 0 atom stereocenters. The van der Waals surface area contributed by atoms with Gasteiger partial charge in [0.1, 0.15) is 11.5 Å². The van der Waals surface area contributed by atoms with Crippen LogP contribution in [0.4, 0.5) is 0 Å². The molecule has 0 aliphatic carbocycles. The Balaban J connectivity index is 1.72. The maximum Gasteiger partial charge on any atom is 0.223 e. The Labute approximate surface area is 145 Å². The van der Waals surface area contributed by atoms with E-state index in [0.717, 1.165) is 11.3 Å². The predicted octanol–water partition coefficient (Wildman–Crippen LogP) is 4.09. The Morgan fingerprint density at radius 1 is 1.09 bits per heavy atom. The van der Waals surface area contributed by atoms with E-state index in [1.165, 1.54) is 0 Å². The molecule has 0 heterocycles. The molecule has 0 radical (unpaired) electrons. The highest BCUT2D eigenvalue weighted by atomic mass is 35.5. The fourth-order valence-electron chi connectivity index (χ4n) is 1.88. The fraction of sp³-hybridized carbons (Fsp3) is 0.235. The average molecular weight is 354 g/mol. The second kappa shape index (κ2) is 8.65. The first-order chi connectivity index (χ1) is 11.1. The van der Waals surface area contributed by atoms with Crippen LogP contribution in [0.25, 0.3) is 0 Å². The average Bonchev–Trinajstić information content (AvgIpc) is 2.54. The monoisotopic (exact) mass is 353 g/mol. The summed E-state index contributed by atoms with van der Waals surface area (Å²) in [4.78, 5) is 11.8. The third-order valence-electron chi connectivity index (χ3n) is 3.15. The highest BCUT2D eigenvalue weighted by Gasteiger charge is 2.05. The lowest BCUT2D eigenvalue weighted by Crippen LogP contribution is -2.24. The van der Waals surface area contributed by atoms with Gasteiger partial charge in [-0.25, -0.2) is 0 Å². The van der Waals surface area contributed by atoms with Crippen molar-refractivity contribution in [1.29, 1.82) is 0 Å². The van der Waals surface area contributed by atoms with Crippen LogP contribution in [0.5, 0.6) is 11.5 Å². The zero-order valence-electron chi connectivity index (χ0n) is 12.6. The maximum absolute atomic E-state index is 11.8. The van der Waals surface area contributed by atoms with E-state index in [2.05, 4.69) is 5.32 Å². The predicted molar refractivity (Wildman–Crippen MR) is 91.4 cm³/mol. The zero-order chi connectivity index (χ0) is 16.7. The van der Waals surface area contributed by atoms with Gasteiger partial charge in [0.25, 0.3) is 0 Å². The molecule has 1 amide bonds. The summed E-state index contributed by atoms with van der Waals surface area (Å²) in [5.74, 6) is 1.35. The van der Waals surface area contributed by atoms with Gasteiger partial charge < -0.3 is 14.8 Å². The molecule has 0 aliphatic heterocycles. The third-order valence-corrected chi connectivity index (χ3v) is 3.74. The molecule has 23 heavy (non-hydrogen) atoms. The summed E-state index contributed by atoms with van der Waals surface area (Å²) < 4.78 is 10.6. The molecule has 6 heteroatoms. The smallest absolute Gasteiger partial charge is 0.223 e. The number of amides is 1. The highest BCUT2D eigenvalue weighted by Crippen LogP contribution is 2.20. The van der Waals surface area contributed by atoms with Gasteiger partial charge in [-0.3, -0.25) is 4.79 Å². The topological polar surface area (TPSA) is 47.6 Å². The van der Waals surface area contributed by atoms with Crippen molar-refractivity contribution in [2.75, 3.05) is 13.7 Å². The Hall–Kier alpha value is -1.91. The number of hydrogen-bond donors (Lipinski definition) is 1. The second-order valence-corrected chi connectivity index (χ2v) is 5.63. The lowest BCUT2D eigenvalue weighted by Gasteiger charge is -2.09. The molecule has 4 nitrogen and oxygen atoms in total. The molecule has 2 aromatic carbocycles. The summed E-state index contributed by atoms with van der Waals surface area (Å²) in [7, 11) is 1.60. The van der Waals surface area contributed by atoms with Crippen LogP contribution < -0.4 is 14.8 Å². The minimum Gasteiger partial charge on any atom is -0.497 e. The fourth-order valence-corrected chi connectivity index (χ4v) is 2.36. The van der Waals surface area contributed by atoms with Crippen molar-refractivity contribution in [3.05, 3.63) is 58.1 Å². The number of halogens is 2. The van der Waals surface area contributed by atoms with Crippen LogP contribution in [0.3, 0.4) is 0 Å². The van der Waals surface area contributed by atoms with Crippen LogP contribution in [0.1, 0.15) is 12.0 Å². The molecule has 0 spiro atoms. The van der Waals surface area contributed by atoms with Crippen LogP contribution in [0.15, 0.2) is 42.5 Å². The largest absolute Gasteiger partial charge is 0.497 e. The van der Waals surface area contributed by atoms with Crippen molar-refractivity contribution in [2.45, 2.75) is 13.0 Å². The van der Waals surface area contributed by atoms with Gasteiger partial charge in [-0.05, 0) is 42.0 Å². The Kier molecular flexibility index (Phi) is 6.56. The first kappa shape index (κ1) is 17.4. The van der Waals surface area contributed by atoms with Gasteiger partial charge in [0.05, 0.1) is 20.1 Å². The van der Waals surface area contributed by atoms with Crippen LogP contribution >= 0.6 is 23.2 Å². The van der Waals surface area contributed by atoms with Crippen LogP contribution in [0.2, 0.25) is 10.0 Å². The van der Waals surface area contributed by atoms with E-state index in [1.54, 1.807) is 49.6 Å². The van der Waals surface area contributed by atoms with Gasteiger partial charge in [-0.15, -0.1) is 0 Å². The number of methoxy groups -OCH3 is 1. The molecule has 1 N–H and O–H groups in total. The van der Waals surface area contributed by atoms with E-state index in [0.29, 0.717) is 28.9 Å². The number of nitrogens with one attached hydrogen (secondary N) is 1. The minimum absolute atomic E-state index is 0.107. The number of carbonyl (C=O) groups is 1. The van der Waals surface area contributed by atoms with Gasteiger partial charge in [0, 0.05) is 16.6 Å². The number of carbonyl (C=O) groups excluding carboxylic acids is 1. The van der Waals surface area contributed by atoms with Crippen molar-refractivity contribution in [1.82, 2.24) is 5.32 Å². The molecule has 2 aromatic rings. The standard InChI is InChI=1S/C17H17Cl2NO3/c1-22-14-4-6-15(7-5-14)23-9-8-17(21)20-11-12-2-3-13(18)10-16(12)19/h2-7,10H,8-9,11H2,1H3,(H,20,21). The van der Waals surface area contributed by atoms with Gasteiger partial charge in [0.15, 0.2) is 0 Å². The summed E-state index contributed by atoms with van der Waals surface area (Å²) in [6.07, 6.45) is 0.261. The maximum atomic E-state index is 11.8. The van der Waals surface area contributed by atoms with Gasteiger partial charge in [0.2, 0.25) is 5.91 Å². The van der Waals surface area contributed by atoms with Gasteiger partial charge in [-0.2, -0.15) is 0 Å². The first-order valence-electron chi connectivity index (χ1n) is 7.06. The highest BCUT2D eigenvalue weighted by molar-refractivity contribution is 6.35. The van der Waals surface area contributed by atoms with E-state index >= 15 is 0 Å². The van der Waals surface area contributed by atoms with Crippen molar-refractivity contribution < 1.29 is 14.3 Å². The molecule has 2 rings (SSSR count). The summed E-state index contributed by atoms with van der Waals surface area (Å²) in [5.41, 5.74) is 0.820. The normalized spacial score (nSPS) is 10.2. The Morgan fingerprint density at radius 3 is 2.43 bits per heavy atom. The minimum atomic E-state index is -0.107. The quantitative estimate of drug-likeness (QED) is 0.815. The van der Waals surface area contributed by atoms with Crippen molar-refractivity contribution in [3.8, 4) is 11.5 Å². The third kappa shape index (κ3) is 5.66. The number of hydrogen-bond acceptors (Lipinski definition) is 3. The first-order valence-corrected chi connectivity index (χ1v) is 7.81. The zero-order valence-corrected chi connectivity index (χ0v) is 14.2. The summed E-state index contributed by atoms with van der Waals surface area (Å²) in [6.45, 7) is 0.657. The molecule has 0 bridgehead atoms. The molecule has 0 unspecified atom stereocenters. The molecule has 122 valence electrons. The van der Waals surface area contributed by atoms with Crippen molar-refractivity contribution in [2.24, 2.45) is 0 Å². The number of benzene rings is 2. The van der Waals surface area contributed by atoms with Crippen molar-refractivity contribution in [3.63, 3.8) is 0 Å². The molecule has 0 aromatic heterocycles. The molecular formula is C17H17Cl2NO3.